The third kappa shape index (κ3) is 2.67. The van der Waals surface area contributed by atoms with E-state index < -0.39 is 5.82 Å². The molecule has 106 valence electrons. The number of fused-ring (bicyclic) bond motifs is 1. The summed E-state index contributed by atoms with van der Waals surface area (Å²) in [4.78, 5) is 15.4. The molecule has 1 N–H and O–H groups in total. The molecule has 2 aromatic carbocycles. The van der Waals surface area contributed by atoms with Crippen LogP contribution in [0.15, 0.2) is 42.6 Å². The maximum atomic E-state index is 13.8. The van der Waals surface area contributed by atoms with Crippen LogP contribution >= 0.6 is 23.2 Å². The van der Waals surface area contributed by atoms with Gasteiger partial charge in [0.05, 0.1) is 0 Å². The predicted molar refractivity (Wildman–Crippen MR) is 82.8 cm³/mol. The number of aromatic amines is 1. The van der Waals surface area contributed by atoms with E-state index in [0.717, 1.165) is 10.9 Å². The van der Waals surface area contributed by atoms with E-state index in [0.29, 0.717) is 10.6 Å². The van der Waals surface area contributed by atoms with Crippen LogP contribution in [0, 0.1) is 5.82 Å². The van der Waals surface area contributed by atoms with Crippen molar-refractivity contribution in [3.63, 3.8) is 0 Å². The third-order valence-corrected chi connectivity index (χ3v) is 3.93. The number of aromatic nitrogens is 1. The average molecular weight is 322 g/mol. The van der Waals surface area contributed by atoms with Crippen molar-refractivity contribution < 1.29 is 9.18 Å². The van der Waals surface area contributed by atoms with Crippen LogP contribution in [0.2, 0.25) is 10.0 Å². The molecule has 2 nitrogen and oxygen atoms in total. The highest BCUT2D eigenvalue weighted by Gasteiger charge is 2.16. The quantitative estimate of drug-likeness (QED) is 0.673. The molecule has 3 aromatic rings. The maximum Gasteiger partial charge on any atom is 0.169 e. The molecule has 0 aliphatic heterocycles. The van der Waals surface area contributed by atoms with Crippen LogP contribution in [0.4, 0.5) is 4.39 Å². The van der Waals surface area contributed by atoms with Crippen molar-refractivity contribution in [3.05, 3.63) is 69.6 Å². The van der Waals surface area contributed by atoms with Crippen LogP contribution in [0.1, 0.15) is 15.9 Å². The van der Waals surface area contributed by atoms with Crippen molar-refractivity contribution in [3.8, 4) is 0 Å². The zero-order chi connectivity index (χ0) is 15.0. The average Bonchev–Trinajstić information content (AvgIpc) is 2.86. The van der Waals surface area contributed by atoms with Gasteiger partial charge in [-0.3, -0.25) is 4.79 Å². The van der Waals surface area contributed by atoms with E-state index in [1.165, 1.54) is 12.1 Å². The van der Waals surface area contributed by atoms with Gasteiger partial charge in [0.1, 0.15) is 5.82 Å². The van der Waals surface area contributed by atoms with Crippen molar-refractivity contribution in [2.24, 2.45) is 0 Å². The van der Waals surface area contributed by atoms with Crippen molar-refractivity contribution in [1.82, 2.24) is 4.98 Å². The Hall–Kier alpha value is -1.84. The largest absolute Gasteiger partial charge is 0.360 e. The minimum absolute atomic E-state index is 0.0923. The standard InChI is InChI=1S/C16H10Cl2FNO/c17-9-4-5-15-10(6-9)12(8-20-15)16(21)7-11-13(18)2-1-3-14(11)19/h1-6,8,20H,7H2. The summed E-state index contributed by atoms with van der Waals surface area (Å²) >= 11 is 11.9. The fraction of sp³-hybridized carbons (Fsp3) is 0.0625. The lowest BCUT2D eigenvalue weighted by molar-refractivity contribution is 0.0993. The van der Waals surface area contributed by atoms with E-state index in [1.807, 2.05) is 0 Å². The van der Waals surface area contributed by atoms with Gasteiger partial charge in [0.25, 0.3) is 0 Å². The highest BCUT2D eigenvalue weighted by Crippen LogP contribution is 2.25. The summed E-state index contributed by atoms with van der Waals surface area (Å²) in [5.74, 6) is -0.691. The summed E-state index contributed by atoms with van der Waals surface area (Å²) in [6, 6.07) is 9.62. The normalized spacial score (nSPS) is 11.0. The number of Topliss-reactive ketones (excluding diaryl/α,β-unsaturated/α-hetero) is 1. The molecule has 0 bridgehead atoms. The number of carbonyl (C=O) groups excluding carboxylic acids is 1. The summed E-state index contributed by atoms with van der Waals surface area (Å²) in [5, 5.41) is 1.52. The number of hydrogen-bond donors (Lipinski definition) is 1. The van der Waals surface area contributed by atoms with E-state index >= 15 is 0 Å². The van der Waals surface area contributed by atoms with Crippen molar-refractivity contribution >= 4 is 39.9 Å². The smallest absolute Gasteiger partial charge is 0.169 e. The lowest BCUT2D eigenvalue weighted by Crippen LogP contribution is -2.05. The van der Waals surface area contributed by atoms with E-state index in [4.69, 9.17) is 23.2 Å². The molecular weight excluding hydrogens is 312 g/mol. The Labute approximate surface area is 130 Å². The van der Waals surface area contributed by atoms with E-state index in [9.17, 15) is 9.18 Å². The fourth-order valence-electron chi connectivity index (χ4n) is 2.28. The molecule has 21 heavy (non-hydrogen) atoms. The zero-order valence-electron chi connectivity index (χ0n) is 10.8. The molecule has 0 spiro atoms. The first-order valence-corrected chi connectivity index (χ1v) is 7.04. The first-order chi connectivity index (χ1) is 10.1. The molecular formula is C16H10Cl2FNO. The molecule has 0 saturated carbocycles. The van der Waals surface area contributed by atoms with Crippen molar-refractivity contribution in [1.29, 1.82) is 0 Å². The lowest BCUT2D eigenvalue weighted by Gasteiger charge is -2.05. The van der Waals surface area contributed by atoms with Crippen LogP contribution in [0.3, 0.4) is 0 Å². The van der Waals surface area contributed by atoms with Gasteiger partial charge >= 0.3 is 0 Å². The molecule has 0 radical (unpaired) electrons. The third-order valence-electron chi connectivity index (χ3n) is 3.34. The number of nitrogens with one attached hydrogen (secondary N) is 1. The Morgan fingerprint density at radius 1 is 1.19 bits per heavy atom. The first-order valence-electron chi connectivity index (χ1n) is 6.29. The summed E-state index contributed by atoms with van der Waals surface area (Å²) in [5.41, 5.74) is 1.50. The molecule has 0 unspecified atom stereocenters. The number of hydrogen-bond acceptors (Lipinski definition) is 1. The molecule has 0 saturated heterocycles. The predicted octanol–water partition coefficient (Wildman–Crippen LogP) is 5.04. The van der Waals surface area contributed by atoms with Gasteiger partial charge in [0.15, 0.2) is 5.78 Å². The molecule has 3 rings (SSSR count). The monoisotopic (exact) mass is 321 g/mol. The molecule has 0 aliphatic carbocycles. The van der Waals surface area contributed by atoms with Gasteiger partial charge < -0.3 is 4.98 Å². The van der Waals surface area contributed by atoms with E-state index in [1.54, 1.807) is 30.5 Å². The number of ketones is 1. The Kier molecular flexibility index (Phi) is 3.70. The molecule has 1 heterocycles. The molecule has 0 aliphatic rings. The Bertz CT molecular complexity index is 821. The van der Waals surface area contributed by atoms with Gasteiger partial charge in [-0.25, -0.2) is 4.39 Å². The van der Waals surface area contributed by atoms with Gasteiger partial charge in [-0.05, 0) is 30.3 Å². The number of H-pyrrole nitrogens is 1. The molecule has 0 atom stereocenters. The van der Waals surface area contributed by atoms with Gasteiger partial charge in [-0.15, -0.1) is 0 Å². The Morgan fingerprint density at radius 2 is 2.00 bits per heavy atom. The number of carbonyl (C=O) groups is 1. The Balaban J connectivity index is 2.00. The number of benzene rings is 2. The van der Waals surface area contributed by atoms with Crippen LogP contribution in [-0.4, -0.2) is 10.8 Å². The van der Waals surface area contributed by atoms with Crippen molar-refractivity contribution in [2.75, 3.05) is 0 Å². The van der Waals surface area contributed by atoms with Crippen molar-refractivity contribution in [2.45, 2.75) is 6.42 Å². The summed E-state index contributed by atoms with van der Waals surface area (Å²) in [6.45, 7) is 0. The lowest BCUT2D eigenvalue weighted by atomic mass is 10.0. The second-order valence-corrected chi connectivity index (χ2v) is 5.54. The van der Waals surface area contributed by atoms with Crippen LogP contribution in [0.5, 0.6) is 0 Å². The zero-order valence-corrected chi connectivity index (χ0v) is 12.3. The molecule has 5 heteroatoms. The highest BCUT2D eigenvalue weighted by molar-refractivity contribution is 6.32. The van der Waals surface area contributed by atoms with E-state index in [2.05, 4.69) is 4.98 Å². The second kappa shape index (κ2) is 5.51. The van der Waals surface area contributed by atoms with Crippen LogP contribution in [-0.2, 0) is 6.42 Å². The minimum atomic E-state index is -0.478. The van der Waals surface area contributed by atoms with Gasteiger partial charge in [-0.1, -0.05) is 29.3 Å². The SMILES string of the molecule is O=C(Cc1c(F)cccc1Cl)c1c[nH]c2ccc(Cl)cc12. The van der Waals surface area contributed by atoms with Gasteiger partial charge in [0.2, 0.25) is 0 Å². The fourth-order valence-corrected chi connectivity index (χ4v) is 2.68. The minimum Gasteiger partial charge on any atom is -0.360 e. The van der Waals surface area contributed by atoms with Crippen LogP contribution < -0.4 is 0 Å². The molecule has 1 aromatic heterocycles. The number of halogens is 3. The van der Waals surface area contributed by atoms with E-state index in [-0.39, 0.29) is 22.8 Å². The highest BCUT2D eigenvalue weighted by atomic mass is 35.5. The maximum absolute atomic E-state index is 13.8. The molecule has 0 amide bonds. The number of rotatable bonds is 3. The van der Waals surface area contributed by atoms with Gasteiger partial charge in [0, 0.05) is 44.7 Å². The Morgan fingerprint density at radius 3 is 2.76 bits per heavy atom. The second-order valence-electron chi connectivity index (χ2n) is 4.69. The summed E-state index contributed by atoms with van der Waals surface area (Å²) in [6.07, 6.45) is 1.52. The topological polar surface area (TPSA) is 32.9 Å². The first kappa shape index (κ1) is 14.1. The summed E-state index contributed by atoms with van der Waals surface area (Å²) < 4.78 is 13.8. The van der Waals surface area contributed by atoms with Crippen LogP contribution in [0.25, 0.3) is 10.9 Å². The van der Waals surface area contributed by atoms with Gasteiger partial charge in [-0.2, -0.15) is 0 Å². The molecule has 0 fully saturated rings. The summed E-state index contributed by atoms with van der Waals surface area (Å²) in [7, 11) is 0.